The van der Waals surface area contributed by atoms with E-state index in [1.54, 1.807) is 6.92 Å². The van der Waals surface area contributed by atoms with Crippen molar-refractivity contribution in [3.05, 3.63) is 46.1 Å². The molecule has 0 bridgehead atoms. The molecule has 2 aromatic rings. The van der Waals surface area contributed by atoms with Crippen molar-refractivity contribution < 1.29 is 23.8 Å². The molecular formula is C29H40ClFN6O4. The van der Waals surface area contributed by atoms with Crippen LogP contribution in [0.25, 0.3) is 0 Å². The van der Waals surface area contributed by atoms with Crippen molar-refractivity contribution >= 4 is 29.3 Å². The number of nitrogens with zero attached hydrogens (tertiary/aromatic N) is 4. The highest BCUT2D eigenvalue weighted by Gasteiger charge is 2.54. The van der Waals surface area contributed by atoms with Crippen LogP contribution in [0.1, 0.15) is 61.0 Å². The van der Waals surface area contributed by atoms with Gasteiger partial charge in [-0.1, -0.05) is 17.7 Å². The standard InChI is InChI=1S/C29H40ClFN6O4/c1-19-24(25(30)34-18-33-19)29(11-12-29)28(40)36-23(27(38)39)10-15-37(17-22(16-31)41-2)14-4-3-7-21-9-8-20-6-5-13-32-26(20)35-21/h8-9,18,22-23H,3-7,10-17H2,1-2H3,(H,32,35)(H,36,40)(H,38,39)/t22-,23+/m1/s1. The summed E-state index contributed by atoms with van der Waals surface area (Å²) in [6, 6.07) is 3.12. The third kappa shape index (κ3) is 7.90. The summed E-state index contributed by atoms with van der Waals surface area (Å²) >= 11 is 6.30. The highest BCUT2D eigenvalue weighted by atomic mass is 35.5. The lowest BCUT2D eigenvalue weighted by molar-refractivity contribution is -0.142. The molecule has 2 aromatic heterocycles. The summed E-state index contributed by atoms with van der Waals surface area (Å²) in [6.45, 7) is 3.40. The maximum Gasteiger partial charge on any atom is 0.326 e. The van der Waals surface area contributed by atoms with Crippen molar-refractivity contribution in [3.63, 3.8) is 0 Å². The van der Waals surface area contributed by atoms with Crippen LogP contribution in [0.2, 0.25) is 5.15 Å². The van der Waals surface area contributed by atoms with Crippen LogP contribution < -0.4 is 10.6 Å². The van der Waals surface area contributed by atoms with E-state index in [1.807, 2.05) is 4.90 Å². The molecule has 1 amide bonds. The van der Waals surface area contributed by atoms with Crippen molar-refractivity contribution in [2.75, 3.05) is 45.3 Å². The van der Waals surface area contributed by atoms with Gasteiger partial charge in [-0.3, -0.25) is 4.79 Å². The van der Waals surface area contributed by atoms with E-state index in [-0.39, 0.29) is 17.5 Å². The van der Waals surface area contributed by atoms with Crippen molar-refractivity contribution in [1.29, 1.82) is 0 Å². The molecule has 0 unspecified atom stereocenters. The Morgan fingerprint density at radius 2 is 2.07 bits per heavy atom. The molecule has 41 heavy (non-hydrogen) atoms. The van der Waals surface area contributed by atoms with Gasteiger partial charge < -0.3 is 25.4 Å². The number of pyridine rings is 1. The zero-order valence-corrected chi connectivity index (χ0v) is 24.6. The van der Waals surface area contributed by atoms with Crippen LogP contribution in [0.5, 0.6) is 0 Å². The maximum atomic E-state index is 13.5. The highest BCUT2D eigenvalue weighted by molar-refractivity contribution is 6.30. The Labute approximate surface area is 245 Å². The molecule has 224 valence electrons. The smallest absolute Gasteiger partial charge is 0.326 e. The zero-order valence-electron chi connectivity index (χ0n) is 23.8. The summed E-state index contributed by atoms with van der Waals surface area (Å²) in [5.74, 6) is -0.530. The molecule has 3 heterocycles. The number of unbranched alkanes of at least 4 members (excludes halogenated alkanes) is 1. The van der Waals surface area contributed by atoms with Gasteiger partial charge in [0.1, 0.15) is 30.0 Å². The second-order valence-corrected chi connectivity index (χ2v) is 11.3. The number of alkyl halides is 1. The number of carbonyl (C=O) groups excluding carboxylic acids is 1. The number of amides is 1. The van der Waals surface area contributed by atoms with Crippen molar-refractivity contribution in [3.8, 4) is 0 Å². The van der Waals surface area contributed by atoms with E-state index in [2.05, 4.69) is 32.7 Å². The summed E-state index contributed by atoms with van der Waals surface area (Å²) < 4.78 is 18.7. The van der Waals surface area contributed by atoms with E-state index >= 15 is 0 Å². The number of aromatic nitrogens is 3. The number of halogens is 2. The number of aliphatic carboxylic acids is 1. The van der Waals surface area contributed by atoms with Crippen LogP contribution in [0.3, 0.4) is 0 Å². The molecule has 1 aliphatic carbocycles. The van der Waals surface area contributed by atoms with E-state index in [4.69, 9.17) is 21.3 Å². The summed E-state index contributed by atoms with van der Waals surface area (Å²) in [6.07, 6.45) is 6.69. The molecule has 1 fully saturated rings. The topological polar surface area (TPSA) is 130 Å². The Balaban J connectivity index is 1.33. The predicted octanol–water partition coefficient (Wildman–Crippen LogP) is 3.49. The van der Waals surface area contributed by atoms with Crippen molar-refractivity contribution in [2.24, 2.45) is 0 Å². The van der Waals surface area contributed by atoms with Crippen LogP contribution in [-0.2, 0) is 32.6 Å². The van der Waals surface area contributed by atoms with E-state index in [0.29, 0.717) is 43.7 Å². The first kappa shape index (κ1) is 31.1. The first-order valence-corrected chi connectivity index (χ1v) is 14.7. The first-order chi connectivity index (χ1) is 19.8. The van der Waals surface area contributed by atoms with Crippen LogP contribution >= 0.6 is 11.6 Å². The Bertz CT molecular complexity index is 1190. The lowest BCUT2D eigenvalue weighted by Gasteiger charge is -2.27. The molecule has 12 heteroatoms. The summed E-state index contributed by atoms with van der Waals surface area (Å²) in [5.41, 5.74) is 2.54. The van der Waals surface area contributed by atoms with E-state index in [1.165, 1.54) is 19.0 Å². The number of carboxylic acids is 1. The zero-order chi connectivity index (χ0) is 29.4. The van der Waals surface area contributed by atoms with Crippen LogP contribution in [0.4, 0.5) is 10.2 Å². The molecule has 0 spiro atoms. The van der Waals surface area contributed by atoms with Gasteiger partial charge >= 0.3 is 5.97 Å². The molecule has 0 radical (unpaired) electrons. The monoisotopic (exact) mass is 590 g/mol. The van der Waals surface area contributed by atoms with Gasteiger partial charge in [-0.25, -0.2) is 24.1 Å². The van der Waals surface area contributed by atoms with Gasteiger partial charge in [-0.2, -0.15) is 0 Å². The molecule has 3 N–H and O–H groups in total. The molecule has 0 saturated heterocycles. The first-order valence-electron chi connectivity index (χ1n) is 14.3. The van der Waals surface area contributed by atoms with Gasteiger partial charge in [-0.05, 0) is 76.5 Å². The number of ether oxygens (including phenoxy) is 1. The van der Waals surface area contributed by atoms with Crippen molar-refractivity contribution in [1.82, 2.24) is 25.2 Å². The number of carboxylic acid groups (broad SMARTS) is 1. The lowest BCUT2D eigenvalue weighted by Crippen LogP contribution is -2.48. The Kier molecular flexibility index (Phi) is 10.9. The van der Waals surface area contributed by atoms with E-state index < -0.39 is 30.2 Å². The molecule has 2 atom stereocenters. The quantitative estimate of drug-likeness (QED) is 0.199. The van der Waals surface area contributed by atoms with Gasteiger partial charge in [-0.15, -0.1) is 0 Å². The molecular weight excluding hydrogens is 551 g/mol. The number of nitrogens with one attached hydrogen (secondary N) is 2. The number of aryl methyl sites for hydroxylation is 3. The maximum absolute atomic E-state index is 13.5. The van der Waals surface area contributed by atoms with Crippen LogP contribution in [0.15, 0.2) is 18.5 Å². The molecule has 10 nitrogen and oxygen atoms in total. The molecule has 4 rings (SSSR count). The number of methoxy groups -OCH3 is 1. The summed E-state index contributed by atoms with van der Waals surface area (Å²) in [7, 11) is 1.47. The minimum Gasteiger partial charge on any atom is -0.480 e. The highest BCUT2D eigenvalue weighted by Crippen LogP contribution is 2.51. The minimum atomic E-state index is -1.12. The number of carbonyl (C=O) groups is 2. The number of fused-ring (bicyclic) bond motifs is 1. The number of hydrogen-bond acceptors (Lipinski definition) is 8. The van der Waals surface area contributed by atoms with E-state index in [9.17, 15) is 19.1 Å². The summed E-state index contributed by atoms with van der Waals surface area (Å²) in [5, 5.41) is 16.2. The minimum absolute atomic E-state index is 0.163. The predicted molar refractivity (Wildman–Crippen MR) is 154 cm³/mol. The third-order valence-corrected chi connectivity index (χ3v) is 8.35. The average molecular weight is 591 g/mol. The Morgan fingerprint density at radius 3 is 2.76 bits per heavy atom. The van der Waals surface area contributed by atoms with Crippen LogP contribution in [-0.4, -0.2) is 88.9 Å². The molecule has 1 saturated carbocycles. The normalized spacial score (nSPS) is 16.9. The third-order valence-electron chi connectivity index (χ3n) is 8.07. The fourth-order valence-electron chi connectivity index (χ4n) is 5.49. The average Bonchev–Trinajstić information content (AvgIpc) is 3.77. The van der Waals surface area contributed by atoms with Gasteiger partial charge in [0, 0.05) is 43.7 Å². The van der Waals surface area contributed by atoms with Gasteiger partial charge in [0.25, 0.3) is 0 Å². The van der Waals surface area contributed by atoms with Gasteiger partial charge in [0.15, 0.2) is 0 Å². The Hall–Kier alpha value is -2.89. The van der Waals surface area contributed by atoms with Crippen molar-refractivity contribution in [2.45, 2.75) is 75.9 Å². The fourth-order valence-corrected chi connectivity index (χ4v) is 5.85. The molecule has 1 aliphatic heterocycles. The molecule has 2 aliphatic rings. The summed E-state index contributed by atoms with van der Waals surface area (Å²) in [4.78, 5) is 40.4. The van der Waals surface area contributed by atoms with Crippen LogP contribution in [0, 0.1) is 6.92 Å². The fraction of sp³-hybridized carbons (Fsp3) is 0.621. The SMILES string of the molecule is CO[C@H](CF)CN(CCCCc1ccc2c(n1)NCCC2)CC[C@H](NC(=O)C1(c2c(C)ncnc2Cl)CC1)C(=O)O. The number of hydrogen-bond donors (Lipinski definition) is 3. The molecule has 0 aromatic carbocycles. The van der Waals surface area contributed by atoms with Gasteiger partial charge in [0.05, 0.1) is 11.5 Å². The Morgan fingerprint density at radius 1 is 1.27 bits per heavy atom. The second kappa shape index (κ2) is 14.3. The van der Waals surface area contributed by atoms with E-state index in [0.717, 1.165) is 50.2 Å². The second-order valence-electron chi connectivity index (χ2n) is 11.0. The number of anilines is 1. The number of rotatable bonds is 16. The van der Waals surface area contributed by atoms with Gasteiger partial charge in [0.2, 0.25) is 5.91 Å². The largest absolute Gasteiger partial charge is 0.480 e. The lowest BCUT2D eigenvalue weighted by atomic mass is 9.94.